The second kappa shape index (κ2) is 7.47. The van der Waals surface area contributed by atoms with Crippen LogP contribution in [0.4, 0.5) is 10.1 Å². The highest BCUT2D eigenvalue weighted by molar-refractivity contribution is 5.96. The number of piperazine rings is 1. The molecular formula is C18H20FN5O2. The first-order valence-electron chi connectivity index (χ1n) is 8.26. The second-order valence-corrected chi connectivity index (χ2v) is 6.26. The van der Waals surface area contributed by atoms with Crippen molar-refractivity contribution in [2.45, 2.75) is 6.04 Å². The van der Waals surface area contributed by atoms with Crippen molar-refractivity contribution in [3.05, 3.63) is 54.4 Å². The predicted octanol–water partition coefficient (Wildman–Crippen LogP) is 1.03. The zero-order valence-electron chi connectivity index (χ0n) is 14.7. The molecule has 2 amide bonds. The zero-order valence-corrected chi connectivity index (χ0v) is 14.7. The van der Waals surface area contributed by atoms with Gasteiger partial charge in [-0.05, 0) is 24.3 Å². The van der Waals surface area contributed by atoms with E-state index in [1.54, 1.807) is 26.2 Å². The summed E-state index contributed by atoms with van der Waals surface area (Å²) in [6, 6.07) is 5.46. The summed E-state index contributed by atoms with van der Waals surface area (Å²) in [5, 5.41) is 0. The summed E-state index contributed by atoms with van der Waals surface area (Å²) in [5.41, 5.74) is 1.02. The molecule has 8 heteroatoms. The molecule has 0 spiro atoms. The van der Waals surface area contributed by atoms with Crippen LogP contribution in [0.5, 0.6) is 0 Å². The van der Waals surface area contributed by atoms with Crippen molar-refractivity contribution < 1.29 is 14.0 Å². The van der Waals surface area contributed by atoms with E-state index in [-0.39, 0.29) is 23.3 Å². The lowest BCUT2D eigenvalue weighted by Crippen LogP contribution is -2.60. The fourth-order valence-corrected chi connectivity index (χ4v) is 2.98. The molecule has 3 rings (SSSR count). The smallest absolute Gasteiger partial charge is 0.274 e. The normalized spacial score (nSPS) is 17.1. The molecule has 1 unspecified atom stereocenters. The molecule has 26 heavy (non-hydrogen) atoms. The van der Waals surface area contributed by atoms with Crippen LogP contribution in [0.15, 0.2) is 42.9 Å². The van der Waals surface area contributed by atoms with E-state index < -0.39 is 6.04 Å². The number of carbonyl (C=O) groups is 2. The van der Waals surface area contributed by atoms with Crippen LogP contribution >= 0.6 is 0 Å². The van der Waals surface area contributed by atoms with Gasteiger partial charge in [0.2, 0.25) is 5.91 Å². The van der Waals surface area contributed by atoms with Crippen LogP contribution in [-0.4, -0.2) is 71.4 Å². The summed E-state index contributed by atoms with van der Waals surface area (Å²) in [6.45, 7) is 1.22. The van der Waals surface area contributed by atoms with Crippen LogP contribution in [0, 0.1) is 5.82 Å². The summed E-state index contributed by atoms with van der Waals surface area (Å²) in [5.74, 6) is -0.808. The highest BCUT2D eigenvalue weighted by Crippen LogP contribution is 2.21. The monoisotopic (exact) mass is 357 g/mol. The molecule has 0 radical (unpaired) electrons. The summed E-state index contributed by atoms with van der Waals surface area (Å²) >= 11 is 0. The van der Waals surface area contributed by atoms with Crippen molar-refractivity contribution in [2.24, 2.45) is 0 Å². The average Bonchev–Trinajstić information content (AvgIpc) is 2.67. The topological polar surface area (TPSA) is 69.6 Å². The molecule has 1 aliphatic heterocycles. The third-order valence-corrected chi connectivity index (χ3v) is 4.34. The number of benzene rings is 1. The van der Waals surface area contributed by atoms with Gasteiger partial charge < -0.3 is 14.7 Å². The van der Waals surface area contributed by atoms with Gasteiger partial charge in [0.1, 0.15) is 17.6 Å². The lowest BCUT2D eigenvalue weighted by Gasteiger charge is -2.42. The Morgan fingerprint density at radius 2 is 1.88 bits per heavy atom. The number of nitrogens with zero attached hydrogens (tertiary/aromatic N) is 5. The number of hydrogen-bond acceptors (Lipinski definition) is 5. The summed E-state index contributed by atoms with van der Waals surface area (Å²) in [7, 11) is 3.31. The Balaban J connectivity index is 1.85. The van der Waals surface area contributed by atoms with E-state index in [1.807, 2.05) is 4.90 Å². The predicted molar refractivity (Wildman–Crippen MR) is 94.2 cm³/mol. The fraction of sp³-hybridized carbons (Fsp3) is 0.333. The molecule has 1 fully saturated rings. The molecule has 2 heterocycles. The quantitative estimate of drug-likeness (QED) is 0.821. The zero-order chi connectivity index (χ0) is 18.7. The van der Waals surface area contributed by atoms with Gasteiger partial charge in [-0.15, -0.1) is 0 Å². The number of halogens is 1. The van der Waals surface area contributed by atoms with E-state index in [9.17, 15) is 14.0 Å². The first-order chi connectivity index (χ1) is 12.5. The number of aromatic nitrogens is 2. The van der Waals surface area contributed by atoms with Crippen molar-refractivity contribution in [1.82, 2.24) is 19.8 Å². The fourth-order valence-electron chi connectivity index (χ4n) is 2.98. The molecule has 1 atom stereocenters. The summed E-state index contributed by atoms with van der Waals surface area (Å²) in [4.78, 5) is 38.4. The molecule has 2 aromatic rings. The molecule has 0 aliphatic carbocycles. The third kappa shape index (κ3) is 3.63. The van der Waals surface area contributed by atoms with Crippen LogP contribution in [-0.2, 0) is 4.79 Å². The maximum atomic E-state index is 13.2. The molecular weight excluding hydrogens is 337 g/mol. The Kier molecular flexibility index (Phi) is 5.11. The van der Waals surface area contributed by atoms with Crippen LogP contribution in [0.25, 0.3) is 0 Å². The van der Waals surface area contributed by atoms with Crippen LogP contribution in [0.3, 0.4) is 0 Å². The lowest BCUT2D eigenvalue weighted by atomic mass is 10.1. The van der Waals surface area contributed by atoms with Crippen LogP contribution in [0.2, 0.25) is 0 Å². The number of likely N-dealkylation sites (N-methyl/N-ethyl adjacent to an activating group) is 1. The lowest BCUT2D eigenvalue weighted by molar-refractivity contribution is -0.133. The van der Waals surface area contributed by atoms with E-state index in [1.165, 1.54) is 40.5 Å². The second-order valence-electron chi connectivity index (χ2n) is 6.26. The number of carbonyl (C=O) groups excluding carboxylic acids is 2. The molecule has 7 nitrogen and oxygen atoms in total. The van der Waals surface area contributed by atoms with Gasteiger partial charge in [-0.1, -0.05) is 0 Å². The van der Waals surface area contributed by atoms with E-state index in [0.29, 0.717) is 19.6 Å². The van der Waals surface area contributed by atoms with E-state index in [2.05, 4.69) is 9.97 Å². The van der Waals surface area contributed by atoms with Gasteiger partial charge in [0.05, 0.1) is 6.20 Å². The Morgan fingerprint density at radius 1 is 1.15 bits per heavy atom. The minimum atomic E-state index is -0.654. The molecule has 0 bridgehead atoms. The molecule has 1 saturated heterocycles. The van der Waals surface area contributed by atoms with Crippen LogP contribution in [0.1, 0.15) is 10.5 Å². The van der Waals surface area contributed by atoms with Crippen molar-refractivity contribution in [2.75, 3.05) is 38.6 Å². The minimum Gasteiger partial charge on any atom is -0.367 e. The Morgan fingerprint density at radius 3 is 2.50 bits per heavy atom. The summed E-state index contributed by atoms with van der Waals surface area (Å²) in [6.07, 6.45) is 4.34. The Bertz CT molecular complexity index is 782. The largest absolute Gasteiger partial charge is 0.367 e. The van der Waals surface area contributed by atoms with Crippen molar-refractivity contribution in [1.29, 1.82) is 0 Å². The van der Waals surface area contributed by atoms with Crippen molar-refractivity contribution in [3.8, 4) is 0 Å². The number of rotatable bonds is 3. The van der Waals surface area contributed by atoms with Gasteiger partial charge in [0, 0.05) is 51.8 Å². The SMILES string of the molecule is CN(C)C(=O)C1CN(c2ccc(F)cc2)CCN1C(=O)c1cnccn1. The van der Waals surface area contributed by atoms with Gasteiger partial charge in [0.15, 0.2) is 0 Å². The average molecular weight is 357 g/mol. The third-order valence-electron chi connectivity index (χ3n) is 4.34. The highest BCUT2D eigenvalue weighted by Gasteiger charge is 2.37. The van der Waals surface area contributed by atoms with Crippen molar-refractivity contribution >= 4 is 17.5 Å². The Hall–Kier alpha value is -3.03. The van der Waals surface area contributed by atoms with Crippen LogP contribution < -0.4 is 4.90 Å². The van der Waals surface area contributed by atoms with E-state index in [0.717, 1.165) is 5.69 Å². The maximum absolute atomic E-state index is 13.2. The van der Waals surface area contributed by atoms with E-state index >= 15 is 0 Å². The first kappa shape index (κ1) is 17.8. The molecule has 136 valence electrons. The molecule has 1 aromatic carbocycles. The van der Waals surface area contributed by atoms with Gasteiger partial charge in [-0.3, -0.25) is 14.6 Å². The summed E-state index contributed by atoms with van der Waals surface area (Å²) < 4.78 is 13.2. The van der Waals surface area contributed by atoms with Gasteiger partial charge in [0.25, 0.3) is 5.91 Å². The first-order valence-corrected chi connectivity index (χ1v) is 8.26. The minimum absolute atomic E-state index is 0.172. The highest BCUT2D eigenvalue weighted by atomic mass is 19.1. The molecule has 0 saturated carbocycles. The molecule has 1 aromatic heterocycles. The van der Waals surface area contributed by atoms with Gasteiger partial charge in [-0.2, -0.15) is 0 Å². The van der Waals surface area contributed by atoms with Crippen molar-refractivity contribution in [3.63, 3.8) is 0 Å². The number of amides is 2. The number of hydrogen-bond donors (Lipinski definition) is 0. The van der Waals surface area contributed by atoms with Gasteiger partial charge in [-0.25, -0.2) is 9.37 Å². The standard InChI is InChI=1S/C18H20FN5O2/c1-22(2)18(26)16-12-23(14-5-3-13(19)4-6-14)9-10-24(16)17(25)15-11-20-7-8-21-15/h3-8,11,16H,9-10,12H2,1-2H3. The number of anilines is 1. The van der Waals surface area contributed by atoms with E-state index in [4.69, 9.17) is 0 Å². The maximum Gasteiger partial charge on any atom is 0.274 e. The Labute approximate surface area is 151 Å². The van der Waals surface area contributed by atoms with Gasteiger partial charge >= 0.3 is 0 Å². The molecule has 1 aliphatic rings. The molecule has 0 N–H and O–H groups in total.